The molecule has 9 heteroatoms. The van der Waals surface area contributed by atoms with Gasteiger partial charge in [0.25, 0.3) is 0 Å². The summed E-state index contributed by atoms with van der Waals surface area (Å²) in [7, 11) is 0. The Morgan fingerprint density at radius 2 is 1.96 bits per heavy atom. The van der Waals surface area contributed by atoms with E-state index in [1.807, 2.05) is 28.8 Å². The maximum absolute atomic E-state index is 4.68. The number of guanidine groups is 1. The van der Waals surface area contributed by atoms with Gasteiger partial charge in [0.15, 0.2) is 17.4 Å². The molecule has 0 aromatic carbocycles. The Balaban J connectivity index is 1.62. The van der Waals surface area contributed by atoms with Crippen LogP contribution in [-0.4, -0.2) is 48.4 Å². The average Bonchev–Trinajstić information content (AvgIpc) is 3.32. The van der Waals surface area contributed by atoms with Gasteiger partial charge in [0.1, 0.15) is 18.7 Å². The van der Waals surface area contributed by atoms with Crippen LogP contribution in [0, 0.1) is 0 Å². The second-order valence-corrected chi connectivity index (χ2v) is 6.21. The molecule has 0 aliphatic rings. The smallest absolute Gasteiger partial charge is 0.191 e. The SMILES string of the molecule is CCCCNC(=NCc1nnc2ccccn12)NCCn1cnnc1CC. The maximum atomic E-state index is 4.68. The second-order valence-electron chi connectivity index (χ2n) is 6.21. The molecule has 3 heterocycles. The van der Waals surface area contributed by atoms with Crippen molar-refractivity contribution in [3.05, 3.63) is 42.4 Å². The molecule has 0 saturated heterocycles. The van der Waals surface area contributed by atoms with E-state index >= 15 is 0 Å². The molecule has 0 radical (unpaired) electrons. The molecule has 0 spiro atoms. The summed E-state index contributed by atoms with van der Waals surface area (Å²) in [6.45, 7) is 7.12. The zero-order chi connectivity index (χ0) is 18.9. The van der Waals surface area contributed by atoms with Gasteiger partial charge in [0.05, 0.1) is 0 Å². The van der Waals surface area contributed by atoms with E-state index in [1.165, 1.54) is 0 Å². The van der Waals surface area contributed by atoms with Gasteiger partial charge in [-0.1, -0.05) is 26.3 Å². The van der Waals surface area contributed by atoms with Gasteiger partial charge in [-0.3, -0.25) is 4.40 Å². The highest BCUT2D eigenvalue weighted by atomic mass is 15.3. The molecule has 0 bridgehead atoms. The lowest BCUT2D eigenvalue weighted by molar-refractivity contribution is 0.628. The van der Waals surface area contributed by atoms with Crippen molar-refractivity contribution in [2.75, 3.05) is 13.1 Å². The number of aliphatic imine (C=N–C) groups is 1. The number of aryl methyl sites for hydroxylation is 1. The van der Waals surface area contributed by atoms with Gasteiger partial charge in [0.2, 0.25) is 0 Å². The fourth-order valence-electron chi connectivity index (χ4n) is 2.74. The van der Waals surface area contributed by atoms with E-state index in [1.54, 1.807) is 6.33 Å². The largest absolute Gasteiger partial charge is 0.356 e. The first-order chi connectivity index (χ1) is 13.3. The summed E-state index contributed by atoms with van der Waals surface area (Å²) in [5.41, 5.74) is 0.829. The number of rotatable bonds is 9. The standard InChI is InChI=1S/C18H27N9/c1-3-5-9-19-18(20-10-12-26-14-22-23-15(26)4-2)21-13-17-25-24-16-8-6-7-11-27(16)17/h6-8,11,14H,3-5,9-10,12-13H2,1-2H3,(H2,19,20,21). The molecule has 0 aliphatic carbocycles. The lowest BCUT2D eigenvalue weighted by atomic mass is 10.3. The fraction of sp³-hybridized carbons (Fsp3) is 0.500. The van der Waals surface area contributed by atoms with Gasteiger partial charge in [0, 0.05) is 32.3 Å². The topological polar surface area (TPSA) is 97.3 Å². The van der Waals surface area contributed by atoms with Crippen LogP contribution in [0.2, 0.25) is 0 Å². The number of hydrogen-bond acceptors (Lipinski definition) is 5. The van der Waals surface area contributed by atoms with Crippen LogP contribution in [0.1, 0.15) is 38.3 Å². The molecule has 0 saturated carbocycles. The molecule has 27 heavy (non-hydrogen) atoms. The van der Waals surface area contributed by atoms with Crippen LogP contribution in [-0.2, 0) is 19.5 Å². The van der Waals surface area contributed by atoms with Gasteiger partial charge in [-0.25, -0.2) is 4.99 Å². The van der Waals surface area contributed by atoms with E-state index in [2.05, 4.69) is 54.4 Å². The Labute approximate surface area is 158 Å². The molecule has 0 unspecified atom stereocenters. The molecule has 3 aromatic heterocycles. The Bertz CT molecular complexity index is 864. The van der Waals surface area contributed by atoms with Crippen molar-refractivity contribution in [3.8, 4) is 0 Å². The Morgan fingerprint density at radius 1 is 1.07 bits per heavy atom. The van der Waals surface area contributed by atoms with Gasteiger partial charge in [-0.2, -0.15) is 0 Å². The minimum absolute atomic E-state index is 0.458. The third-order valence-electron chi connectivity index (χ3n) is 4.24. The molecular formula is C18H27N9. The molecule has 0 fully saturated rings. The molecule has 0 aliphatic heterocycles. The summed E-state index contributed by atoms with van der Waals surface area (Å²) in [5, 5.41) is 23.3. The van der Waals surface area contributed by atoms with Crippen LogP contribution >= 0.6 is 0 Å². The molecule has 0 amide bonds. The second kappa shape index (κ2) is 9.65. The van der Waals surface area contributed by atoms with Crippen LogP contribution in [0.25, 0.3) is 5.65 Å². The Morgan fingerprint density at radius 3 is 2.81 bits per heavy atom. The number of aromatic nitrogens is 6. The van der Waals surface area contributed by atoms with E-state index in [0.717, 1.165) is 62.2 Å². The molecule has 144 valence electrons. The summed E-state index contributed by atoms with van der Waals surface area (Å²) < 4.78 is 4.01. The Hall–Kier alpha value is -2.97. The number of fused-ring (bicyclic) bond motifs is 1. The quantitative estimate of drug-likeness (QED) is 0.336. The van der Waals surface area contributed by atoms with Gasteiger partial charge >= 0.3 is 0 Å². The van der Waals surface area contributed by atoms with Crippen LogP contribution in [0.3, 0.4) is 0 Å². The van der Waals surface area contributed by atoms with Crippen LogP contribution in [0.5, 0.6) is 0 Å². The molecule has 3 aromatic rings. The van der Waals surface area contributed by atoms with Gasteiger partial charge in [-0.05, 0) is 18.6 Å². The summed E-state index contributed by atoms with van der Waals surface area (Å²) in [6.07, 6.45) is 6.82. The van der Waals surface area contributed by atoms with Crippen LogP contribution < -0.4 is 10.6 Å². The van der Waals surface area contributed by atoms with Crippen molar-refractivity contribution in [1.82, 2.24) is 40.0 Å². The summed E-state index contributed by atoms with van der Waals surface area (Å²) in [4.78, 5) is 4.68. The average molecular weight is 369 g/mol. The van der Waals surface area contributed by atoms with Gasteiger partial charge in [-0.15, -0.1) is 20.4 Å². The summed E-state index contributed by atoms with van der Waals surface area (Å²) in [5.74, 6) is 2.58. The minimum atomic E-state index is 0.458. The highest BCUT2D eigenvalue weighted by Gasteiger charge is 2.06. The fourth-order valence-corrected chi connectivity index (χ4v) is 2.74. The zero-order valence-electron chi connectivity index (χ0n) is 16.0. The minimum Gasteiger partial charge on any atom is -0.356 e. The van der Waals surface area contributed by atoms with Crippen LogP contribution in [0.4, 0.5) is 0 Å². The van der Waals surface area contributed by atoms with Crippen molar-refractivity contribution in [2.45, 2.75) is 46.2 Å². The van der Waals surface area contributed by atoms with Crippen molar-refractivity contribution in [3.63, 3.8) is 0 Å². The van der Waals surface area contributed by atoms with Crippen LogP contribution in [0.15, 0.2) is 35.7 Å². The number of nitrogens with one attached hydrogen (secondary N) is 2. The lowest BCUT2D eigenvalue weighted by Crippen LogP contribution is -2.39. The lowest BCUT2D eigenvalue weighted by Gasteiger charge is -2.13. The van der Waals surface area contributed by atoms with E-state index in [9.17, 15) is 0 Å². The number of hydrogen-bond donors (Lipinski definition) is 2. The highest BCUT2D eigenvalue weighted by molar-refractivity contribution is 5.79. The van der Waals surface area contributed by atoms with Crippen molar-refractivity contribution in [1.29, 1.82) is 0 Å². The monoisotopic (exact) mass is 369 g/mol. The third-order valence-corrected chi connectivity index (χ3v) is 4.24. The van der Waals surface area contributed by atoms with E-state index in [0.29, 0.717) is 6.54 Å². The number of nitrogens with zero attached hydrogens (tertiary/aromatic N) is 7. The third kappa shape index (κ3) is 5.02. The number of pyridine rings is 1. The van der Waals surface area contributed by atoms with Crippen molar-refractivity contribution < 1.29 is 0 Å². The molecule has 2 N–H and O–H groups in total. The molecule has 9 nitrogen and oxygen atoms in total. The maximum Gasteiger partial charge on any atom is 0.191 e. The normalized spacial score (nSPS) is 11.9. The van der Waals surface area contributed by atoms with Gasteiger partial charge < -0.3 is 15.2 Å². The first kappa shape index (κ1) is 18.8. The predicted octanol–water partition coefficient (Wildman–Crippen LogP) is 1.42. The molecular weight excluding hydrogens is 342 g/mol. The van der Waals surface area contributed by atoms with E-state index in [-0.39, 0.29) is 0 Å². The molecule has 0 atom stereocenters. The van der Waals surface area contributed by atoms with E-state index in [4.69, 9.17) is 0 Å². The first-order valence-electron chi connectivity index (χ1n) is 9.49. The zero-order valence-corrected chi connectivity index (χ0v) is 16.0. The molecule has 3 rings (SSSR count). The van der Waals surface area contributed by atoms with E-state index < -0.39 is 0 Å². The first-order valence-corrected chi connectivity index (χ1v) is 9.49. The predicted molar refractivity (Wildman–Crippen MR) is 104 cm³/mol. The summed E-state index contributed by atoms with van der Waals surface area (Å²) in [6, 6.07) is 5.85. The Kier molecular flexibility index (Phi) is 6.72. The summed E-state index contributed by atoms with van der Waals surface area (Å²) >= 11 is 0. The van der Waals surface area contributed by atoms with Crippen molar-refractivity contribution in [2.24, 2.45) is 4.99 Å². The van der Waals surface area contributed by atoms with Crippen molar-refractivity contribution >= 4 is 11.6 Å². The highest BCUT2D eigenvalue weighted by Crippen LogP contribution is 2.03. The number of unbranched alkanes of at least 4 members (excludes halogenated alkanes) is 1.